The SMILES string of the molecule is CC/C=C\C/C=C\C/C=C\C/C=C\C/C=C\C/C=C\C/C=C\CCCCCCCCCCCCCCCCCCCC(=O)NC(COP(=O)([O-])OCC[N+](C)(C)C)C(O)C(O)CCCCCCCCCCCCCC. The van der Waals surface area contributed by atoms with Gasteiger partial charge in [0.15, 0.2) is 0 Å². The number of quaternary nitrogens is 1. The fourth-order valence-corrected chi connectivity index (χ4v) is 9.61. The molecule has 0 aliphatic heterocycles. The van der Waals surface area contributed by atoms with Crippen LogP contribution in [0.15, 0.2) is 85.1 Å². The second kappa shape index (κ2) is 55.0. The maximum Gasteiger partial charge on any atom is 0.268 e. The number of phosphoric acid groups is 1. The number of phosphoric ester groups is 1. The highest BCUT2D eigenvalue weighted by Crippen LogP contribution is 2.38. The molecular weight excluding hydrogens is 952 g/mol. The van der Waals surface area contributed by atoms with Crippen molar-refractivity contribution < 1.29 is 38.0 Å². The van der Waals surface area contributed by atoms with Crippen LogP contribution in [0.1, 0.15) is 264 Å². The van der Waals surface area contributed by atoms with E-state index < -0.39 is 32.7 Å². The first-order chi connectivity index (χ1) is 36.4. The van der Waals surface area contributed by atoms with E-state index in [0.717, 1.165) is 89.9 Å². The molecule has 10 heteroatoms. The lowest BCUT2D eigenvalue weighted by Gasteiger charge is -2.31. The number of aliphatic hydroxyl groups is 2. The normalized spacial score (nSPS) is 14.8. The summed E-state index contributed by atoms with van der Waals surface area (Å²) in [6.45, 7) is 4.33. The van der Waals surface area contributed by atoms with Gasteiger partial charge < -0.3 is 34.0 Å². The van der Waals surface area contributed by atoms with Crippen LogP contribution in [0.5, 0.6) is 0 Å². The predicted octanol–water partition coefficient (Wildman–Crippen LogP) is 17.5. The van der Waals surface area contributed by atoms with Crippen LogP contribution in [-0.4, -0.2) is 79.8 Å². The summed E-state index contributed by atoms with van der Waals surface area (Å²) in [6.07, 6.45) is 73.8. The monoisotopic (exact) mass is 1070 g/mol. The lowest BCUT2D eigenvalue weighted by atomic mass is 9.99. The molecule has 0 aromatic rings. The Balaban J connectivity index is 4.02. The zero-order chi connectivity index (χ0) is 55.0. The summed E-state index contributed by atoms with van der Waals surface area (Å²) in [5.74, 6) is -0.278. The van der Waals surface area contributed by atoms with E-state index in [-0.39, 0.29) is 18.9 Å². The fourth-order valence-electron chi connectivity index (χ4n) is 8.88. The number of unbranched alkanes of at least 4 members (excludes halogenated alkanes) is 28. The van der Waals surface area contributed by atoms with Gasteiger partial charge in [0.1, 0.15) is 19.3 Å². The third-order valence-corrected chi connectivity index (χ3v) is 14.7. The van der Waals surface area contributed by atoms with Crippen molar-refractivity contribution in [3.63, 3.8) is 0 Å². The Labute approximate surface area is 463 Å². The maximum absolute atomic E-state index is 13.0. The van der Waals surface area contributed by atoms with Crippen LogP contribution in [0.2, 0.25) is 0 Å². The van der Waals surface area contributed by atoms with Crippen LogP contribution in [0, 0.1) is 0 Å². The highest BCUT2D eigenvalue weighted by atomic mass is 31.2. The van der Waals surface area contributed by atoms with Crippen LogP contribution in [0.25, 0.3) is 0 Å². The van der Waals surface area contributed by atoms with Crippen molar-refractivity contribution in [2.24, 2.45) is 0 Å². The van der Waals surface area contributed by atoms with Gasteiger partial charge in [-0.05, 0) is 70.6 Å². The van der Waals surface area contributed by atoms with Crippen LogP contribution in [-0.2, 0) is 18.4 Å². The minimum Gasteiger partial charge on any atom is -0.756 e. The maximum atomic E-state index is 13.0. The van der Waals surface area contributed by atoms with Gasteiger partial charge in [-0.1, -0.05) is 272 Å². The fraction of sp³-hybridized carbons (Fsp3) is 0.769. The van der Waals surface area contributed by atoms with Crippen molar-refractivity contribution in [3.8, 4) is 0 Å². The molecule has 0 saturated carbocycles. The van der Waals surface area contributed by atoms with Crippen molar-refractivity contribution in [1.29, 1.82) is 0 Å². The van der Waals surface area contributed by atoms with Crippen molar-refractivity contribution in [2.45, 2.75) is 283 Å². The van der Waals surface area contributed by atoms with Crippen LogP contribution < -0.4 is 10.2 Å². The summed E-state index contributed by atoms with van der Waals surface area (Å²) in [4.78, 5) is 25.6. The molecule has 4 atom stereocenters. The molecule has 0 spiro atoms. The number of aliphatic hydroxyl groups excluding tert-OH is 2. The Morgan fingerprint density at radius 2 is 0.840 bits per heavy atom. The highest BCUT2D eigenvalue weighted by Gasteiger charge is 2.29. The Morgan fingerprint density at radius 1 is 0.493 bits per heavy atom. The Hall–Kier alpha value is -2.36. The molecule has 436 valence electrons. The molecule has 0 aliphatic rings. The number of carbonyl (C=O) groups excluding carboxylic acids is 1. The molecule has 9 nitrogen and oxygen atoms in total. The van der Waals surface area contributed by atoms with E-state index in [9.17, 15) is 24.5 Å². The number of nitrogens with zero attached hydrogens (tertiary/aromatic N) is 1. The van der Waals surface area contributed by atoms with Gasteiger partial charge in [-0.2, -0.15) is 0 Å². The summed E-state index contributed by atoms with van der Waals surface area (Å²) in [5.41, 5.74) is 0. The molecule has 0 aromatic heterocycles. The average molecular weight is 1070 g/mol. The number of hydrogen-bond donors (Lipinski definition) is 3. The van der Waals surface area contributed by atoms with Gasteiger partial charge in [0.05, 0.1) is 39.9 Å². The number of nitrogens with one attached hydrogen (secondary N) is 1. The second-order valence-corrected chi connectivity index (χ2v) is 23.6. The summed E-state index contributed by atoms with van der Waals surface area (Å²) in [5, 5.41) is 24.8. The summed E-state index contributed by atoms with van der Waals surface area (Å²) < 4.78 is 23.3. The van der Waals surface area contributed by atoms with Gasteiger partial charge >= 0.3 is 0 Å². The molecule has 0 saturated heterocycles. The van der Waals surface area contributed by atoms with Gasteiger partial charge in [0.2, 0.25) is 5.91 Å². The number of likely N-dealkylation sites (N-methyl/N-ethyl adjacent to an activating group) is 1. The summed E-state index contributed by atoms with van der Waals surface area (Å²) in [6, 6.07) is -1.08. The first-order valence-electron chi connectivity index (χ1n) is 31.0. The predicted molar refractivity (Wildman–Crippen MR) is 322 cm³/mol. The summed E-state index contributed by atoms with van der Waals surface area (Å²) >= 11 is 0. The van der Waals surface area contributed by atoms with Crippen LogP contribution in [0.3, 0.4) is 0 Å². The minimum absolute atomic E-state index is 0.0419. The number of hydrogen-bond acceptors (Lipinski definition) is 7. The Kier molecular flexibility index (Phi) is 53.2. The molecule has 0 bridgehead atoms. The van der Waals surface area contributed by atoms with E-state index in [0.29, 0.717) is 17.4 Å². The van der Waals surface area contributed by atoms with Gasteiger partial charge in [-0.15, -0.1) is 0 Å². The molecule has 1 amide bonds. The number of rotatable bonds is 56. The topological polar surface area (TPSA) is 128 Å². The standard InChI is InChI=1S/C65H119N2O7P/c1-6-8-10-12-14-16-18-20-21-22-23-24-25-26-27-28-29-30-31-32-33-34-35-36-37-38-39-40-41-42-43-44-45-46-48-50-52-54-56-58-64(69)66-62(61-74-75(71,72)73-60-59-67(3,4)5)65(70)63(68)57-55-53-51-49-47-19-17-15-13-11-9-7-2/h8,10,14,16,20-21,23-24,26-27,29-30,32-33,62-63,65,68,70H,6-7,9,11-13,15,17-19,22,25,28,31,34-61H2,1-5H3,(H-,66,69,71,72)/b10-8-,16-14-,21-20-,24-23-,27-26-,30-29-,33-32-. The van der Waals surface area contributed by atoms with E-state index in [2.05, 4.69) is 104 Å². The van der Waals surface area contributed by atoms with Crippen molar-refractivity contribution in [3.05, 3.63) is 85.1 Å². The molecule has 0 aromatic carbocycles. The highest BCUT2D eigenvalue weighted by molar-refractivity contribution is 7.45. The zero-order valence-electron chi connectivity index (χ0n) is 49.3. The lowest BCUT2D eigenvalue weighted by molar-refractivity contribution is -0.870. The molecule has 0 radical (unpaired) electrons. The van der Waals surface area contributed by atoms with Crippen molar-refractivity contribution in [1.82, 2.24) is 5.32 Å². The van der Waals surface area contributed by atoms with Gasteiger partial charge in [0.25, 0.3) is 7.82 Å². The van der Waals surface area contributed by atoms with Crippen LogP contribution >= 0.6 is 7.82 Å². The Bertz CT molecular complexity index is 1510. The molecule has 3 N–H and O–H groups in total. The first kappa shape index (κ1) is 72.6. The van der Waals surface area contributed by atoms with Gasteiger partial charge in [0, 0.05) is 6.42 Å². The smallest absolute Gasteiger partial charge is 0.268 e. The quantitative estimate of drug-likeness (QED) is 0.0239. The third kappa shape index (κ3) is 56.2. The van der Waals surface area contributed by atoms with Gasteiger partial charge in [-0.3, -0.25) is 9.36 Å². The first-order valence-corrected chi connectivity index (χ1v) is 32.5. The van der Waals surface area contributed by atoms with E-state index >= 15 is 0 Å². The minimum atomic E-state index is -4.67. The van der Waals surface area contributed by atoms with E-state index in [1.807, 2.05) is 21.1 Å². The number of carbonyl (C=O) groups is 1. The van der Waals surface area contributed by atoms with Crippen molar-refractivity contribution >= 4 is 13.7 Å². The van der Waals surface area contributed by atoms with Crippen LogP contribution in [0.4, 0.5) is 0 Å². The van der Waals surface area contributed by atoms with E-state index in [1.54, 1.807) is 0 Å². The Morgan fingerprint density at radius 3 is 1.23 bits per heavy atom. The molecule has 0 rings (SSSR count). The molecule has 0 heterocycles. The largest absolute Gasteiger partial charge is 0.756 e. The lowest BCUT2D eigenvalue weighted by Crippen LogP contribution is -2.51. The third-order valence-electron chi connectivity index (χ3n) is 13.7. The molecule has 0 aliphatic carbocycles. The summed E-state index contributed by atoms with van der Waals surface area (Å²) in [7, 11) is 1.13. The molecule has 0 fully saturated rings. The van der Waals surface area contributed by atoms with Crippen molar-refractivity contribution in [2.75, 3.05) is 40.9 Å². The second-order valence-electron chi connectivity index (χ2n) is 22.2. The number of allylic oxidation sites excluding steroid dienone is 14. The molecule has 4 unspecified atom stereocenters. The zero-order valence-corrected chi connectivity index (χ0v) is 50.2. The molecular formula is C65H119N2O7P. The number of amides is 1. The van der Waals surface area contributed by atoms with E-state index in [4.69, 9.17) is 9.05 Å². The van der Waals surface area contributed by atoms with Gasteiger partial charge in [-0.25, -0.2) is 0 Å². The van der Waals surface area contributed by atoms with E-state index in [1.165, 1.54) is 148 Å². The average Bonchev–Trinajstić information content (AvgIpc) is 3.37. The molecule has 75 heavy (non-hydrogen) atoms.